The van der Waals surface area contributed by atoms with Crippen molar-refractivity contribution in [3.63, 3.8) is 0 Å². The molecule has 0 radical (unpaired) electrons. The van der Waals surface area contributed by atoms with Crippen molar-refractivity contribution in [2.24, 2.45) is 4.99 Å². The molecule has 0 aromatic carbocycles. The van der Waals surface area contributed by atoms with Crippen LogP contribution in [0.25, 0.3) is 0 Å². The first-order valence-electron chi connectivity index (χ1n) is 5.78. The highest BCUT2D eigenvalue weighted by Gasteiger charge is 2.11. The highest BCUT2D eigenvalue weighted by molar-refractivity contribution is 5.83. The van der Waals surface area contributed by atoms with Crippen molar-refractivity contribution in [1.29, 1.82) is 0 Å². The predicted molar refractivity (Wildman–Crippen MR) is 61.9 cm³/mol. The molecule has 3 nitrogen and oxygen atoms in total. The lowest BCUT2D eigenvalue weighted by molar-refractivity contribution is 0.281. The molecule has 0 fully saturated rings. The molecule has 0 aromatic heterocycles. The van der Waals surface area contributed by atoms with E-state index in [1.54, 1.807) is 0 Å². The van der Waals surface area contributed by atoms with Crippen LogP contribution in [0.5, 0.6) is 0 Å². The Morgan fingerprint density at radius 2 is 2.14 bits per heavy atom. The number of rotatable bonds is 5. The van der Waals surface area contributed by atoms with Crippen molar-refractivity contribution in [3.05, 3.63) is 0 Å². The number of hydrogen-bond donors (Lipinski definition) is 1. The maximum Gasteiger partial charge on any atom is 0.0966 e. The summed E-state index contributed by atoms with van der Waals surface area (Å²) in [6.07, 6.45) is 2.36. The number of amidine groups is 1. The maximum absolute atomic E-state index is 4.42. The van der Waals surface area contributed by atoms with E-state index in [0.29, 0.717) is 6.04 Å². The molecule has 1 aliphatic rings. The van der Waals surface area contributed by atoms with Gasteiger partial charge in [0.1, 0.15) is 0 Å². The van der Waals surface area contributed by atoms with Crippen LogP contribution in [0.2, 0.25) is 0 Å². The molecule has 1 aliphatic heterocycles. The number of nitrogens with zero attached hydrogens (tertiary/aromatic N) is 2. The van der Waals surface area contributed by atoms with Gasteiger partial charge in [-0.25, -0.2) is 0 Å². The smallest absolute Gasteiger partial charge is 0.0966 e. The van der Waals surface area contributed by atoms with Crippen LogP contribution in [0.3, 0.4) is 0 Å². The Labute approximate surface area is 87.6 Å². The molecule has 0 spiro atoms. The summed E-state index contributed by atoms with van der Waals surface area (Å²) in [5.41, 5.74) is 0. The first-order valence-corrected chi connectivity index (χ1v) is 5.78. The van der Waals surface area contributed by atoms with Crippen LogP contribution in [0.4, 0.5) is 0 Å². The average Bonchev–Trinajstić information content (AvgIpc) is 2.66. The summed E-state index contributed by atoms with van der Waals surface area (Å²) in [5.74, 6) is 1.21. The van der Waals surface area contributed by atoms with Gasteiger partial charge in [0.25, 0.3) is 0 Å². The van der Waals surface area contributed by atoms with Gasteiger partial charge in [0.15, 0.2) is 0 Å². The molecule has 1 unspecified atom stereocenters. The van der Waals surface area contributed by atoms with E-state index in [9.17, 15) is 0 Å². The molecule has 1 atom stereocenters. The van der Waals surface area contributed by atoms with Crippen molar-refractivity contribution in [2.75, 3.05) is 26.2 Å². The Balaban J connectivity index is 2.23. The Morgan fingerprint density at radius 3 is 2.64 bits per heavy atom. The second-order valence-corrected chi connectivity index (χ2v) is 3.96. The van der Waals surface area contributed by atoms with Crippen LogP contribution < -0.4 is 5.32 Å². The van der Waals surface area contributed by atoms with Crippen LogP contribution in [0.15, 0.2) is 4.99 Å². The Morgan fingerprint density at radius 1 is 1.43 bits per heavy atom. The minimum atomic E-state index is 0.520. The highest BCUT2D eigenvalue weighted by atomic mass is 15.1. The number of likely N-dealkylation sites (N-methyl/N-ethyl adjacent to an activating group) is 1. The lowest BCUT2D eigenvalue weighted by Gasteiger charge is -2.23. The average molecular weight is 197 g/mol. The molecule has 0 aromatic rings. The summed E-state index contributed by atoms with van der Waals surface area (Å²) in [4.78, 5) is 6.86. The highest BCUT2D eigenvalue weighted by Crippen LogP contribution is 2.02. The molecule has 0 amide bonds. The third-order valence-corrected chi connectivity index (χ3v) is 2.71. The minimum Gasteiger partial charge on any atom is -0.370 e. The number of aliphatic imine (C=N–C) groups is 1. The van der Waals surface area contributed by atoms with Gasteiger partial charge >= 0.3 is 0 Å². The van der Waals surface area contributed by atoms with Crippen LogP contribution >= 0.6 is 0 Å². The summed E-state index contributed by atoms with van der Waals surface area (Å²) < 4.78 is 0. The van der Waals surface area contributed by atoms with E-state index in [1.165, 1.54) is 12.3 Å². The van der Waals surface area contributed by atoms with Gasteiger partial charge in [0.2, 0.25) is 0 Å². The topological polar surface area (TPSA) is 27.6 Å². The molecule has 0 aliphatic carbocycles. The van der Waals surface area contributed by atoms with Gasteiger partial charge in [-0.05, 0) is 26.4 Å². The van der Waals surface area contributed by atoms with Crippen molar-refractivity contribution in [1.82, 2.24) is 10.2 Å². The van der Waals surface area contributed by atoms with Crippen molar-refractivity contribution in [3.8, 4) is 0 Å². The zero-order valence-electron chi connectivity index (χ0n) is 9.71. The van der Waals surface area contributed by atoms with Crippen LogP contribution in [0.1, 0.15) is 33.6 Å². The monoisotopic (exact) mass is 197 g/mol. The number of hydrogen-bond acceptors (Lipinski definition) is 3. The van der Waals surface area contributed by atoms with E-state index in [4.69, 9.17) is 0 Å². The minimum absolute atomic E-state index is 0.520. The fourth-order valence-corrected chi connectivity index (χ4v) is 1.86. The van der Waals surface area contributed by atoms with Crippen molar-refractivity contribution < 1.29 is 0 Å². The predicted octanol–water partition coefficient (Wildman–Crippen LogP) is 1.50. The SMILES string of the molecule is CCN(CC)CC(C)NC1=NCCC1. The van der Waals surface area contributed by atoms with Crippen molar-refractivity contribution >= 4 is 5.84 Å². The van der Waals surface area contributed by atoms with E-state index >= 15 is 0 Å². The molecule has 82 valence electrons. The van der Waals surface area contributed by atoms with Gasteiger partial charge < -0.3 is 10.2 Å². The van der Waals surface area contributed by atoms with Crippen LogP contribution in [-0.2, 0) is 0 Å². The van der Waals surface area contributed by atoms with Gasteiger partial charge in [-0.15, -0.1) is 0 Å². The van der Waals surface area contributed by atoms with Gasteiger partial charge in [-0.1, -0.05) is 13.8 Å². The zero-order chi connectivity index (χ0) is 10.4. The zero-order valence-corrected chi connectivity index (χ0v) is 9.71. The third kappa shape index (κ3) is 3.66. The normalized spacial score (nSPS) is 18.4. The molecule has 1 N–H and O–H groups in total. The summed E-state index contributed by atoms with van der Waals surface area (Å²) in [7, 11) is 0. The van der Waals surface area contributed by atoms with Crippen LogP contribution in [0, 0.1) is 0 Å². The second-order valence-electron chi connectivity index (χ2n) is 3.96. The lowest BCUT2D eigenvalue weighted by atomic mass is 10.2. The van der Waals surface area contributed by atoms with Crippen molar-refractivity contribution in [2.45, 2.75) is 39.7 Å². The molecule has 0 saturated carbocycles. The molecule has 1 rings (SSSR count). The summed E-state index contributed by atoms with van der Waals surface area (Å²) in [6, 6.07) is 0.520. The van der Waals surface area contributed by atoms with E-state index < -0.39 is 0 Å². The molecule has 0 saturated heterocycles. The lowest BCUT2D eigenvalue weighted by Crippen LogP contribution is -2.41. The van der Waals surface area contributed by atoms with Gasteiger partial charge in [0.05, 0.1) is 5.84 Å². The summed E-state index contributed by atoms with van der Waals surface area (Å²) >= 11 is 0. The Kier molecular flexibility index (Phi) is 4.94. The first-order chi connectivity index (χ1) is 6.76. The molecule has 0 bridgehead atoms. The Bertz CT molecular complexity index is 185. The quantitative estimate of drug-likeness (QED) is 0.723. The molecule has 3 heteroatoms. The second kappa shape index (κ2) is 6.02. The molecular formula is C11H23N3. The fraction of sp³-hybridized carbons (Fsp3) is 0.909. The van der Waals surface area contributed by atoms with E-state index in [0.717, 1.165) is 32.6 Å². The number of nitrogens with one attached hydrogen (secondary N) is 1. The third-order valence-electron chi connectivity index (χ3n) is 2.71. The standard InChI is InChI=1S/C11H23N3/c1-4-14(5-2)9-10(3)13-11-7-6-8-12-11/h10H,4-9H2,1-3H3,(H,12,13). The molecule has 1 heterocycles. The molecule has 14 heavy (non-hydrogen) atoms. The van der Waals surface area contributed by atoms with E-state index in [2.05, 4.69) is 36.0 Å². The summed E-state index contributed by atoms with van der Waals surface area (Å²) in [5, 5.41) is 3.49. The van der Waals surface area contributed by atoms with Crippen LogP contribution in [-0.4, -0.2) is 43.0 Å². The van der Waals surface area contributed by atoms with E-state index in [-0.39, 0.29) is 0 Å². The summed E-state index contributed by atoms with van der Waals surface area (Å²) in [6.45, 7) is 11.1. The van der Waals surface area contributed by atoms with E-state index in [1.807, 2.05) is 0 Å². The van der Waals surface area contributed by atoms with Gasteiger partial charge in [-0.2, -0.15) is 0 Å². The van der Waals surface area contributed by atoms with Gasteiger partial charge in [-0.3, -0.25) is 4.99 Å². The molecular weight excluding hydrogens is 174 g/mol. The Hall–Kier alpha value is -0.570. The largest absolute Gasteiger partial charge is 0.370 e. The maximum atomic E-state index is 4.42. The van der Waals surface area contributed by atoms with Gasteiger partial charge in [0, 0.05) is 25.6 Å². The first kappa shape index (κ1) is 11.5. The fourth-order valence-electron chi connectivity index (χ4n) is 1.86.